The van der Waals surface area contributed by atoms with Gasteiger partial charge in [0.15, 0.2) is 11.4 Å². The number of aromatic nitrogens is 1. The van der Waals surface area contributed by atoms with Crippen molar-refractivity contribution in [1.29, 1.82) is 0 Å². The molecule has 0 atom stereocenters. The van der Waals surface area contributed by atoms with Gasteiger partial charge in [-0.05, 0) is 57.2 Å². The van der Waals surface area contributed by atoms with E-state index < -0.39 is 5.63 Å². The number of hydrogen-bond donors (Lipinski definition) is 0. The van der Waals surface area contributed by atoms with Gasteiger partial charge in [0.25, 0.3) is 0 Å². The summed E-state index contributed by atoms with van der Waals surface area (Å²) < 4.78 is 11.3. The highest BCUT2D eigenvalue weighted by molar-refractivity contribution is 5.97. The number of rotatable bonds is 5. The van der Waals surface area contributed by atoms with Crippen LogP contribution in [0.2, 0.25) is 0 Å². The number of anilines is 1. The van der Waals surface area contributed by atoms with E-state index in [1.165, 1.54) is 6.92 Å². The maximum Gasteiger partial charge on any atom is 0.349 e. The van der Waals surface area contributed by atoms with E-state index >= 15 is 0 Å². The lowest BCUT2D eigenvalue weighted by atomic mass is 10.1. The topological polar surface area (TPSA) is 76.6 Å². The molecule has 0 saturated heterocycles. The van der Waals surface area contributed by atoms with Gasteiger partial charge >= 0.3 is 5.63 Å². The zero-order valence-electron chi connectivity index (χ0n) is 16.0. The highest BCUT2D eigenvalue weighted by Gasteiger charge is 2.16. The number of fused-ring (bicyclic) bond motifs is 2. The Hall–Kier alpha value is -3.41. The molecule has 0 aliphatic carbocycles. The third kappa shape index (κ3) is 3.07. The van der Waals surface area contributed by atoms with Crippen molar-refractivity contribution in [3.63, 3.8) is 0 Å². The number of oxazole rings is 1. The first kappa shape index (κ1) is 18.0. The van der Waals surface area contributed by atoms with Crippen LogP contribution in [0.4, 0.5) is 5.69 Å². The molecule has 0 bridgehead atoms. The van der Waals surface area contributed by atoms with Crippen LogP contribution in [0, 0.1) is 0 Å². The zero-order chi connectivity index (χ0) is 19.8. The number of ketones is 1. The molecule has 6 nitrogen and oxygen atoms in total. The monoisotopic (exact) mass is 376 g/mol. The van der Waals surface area contributed by atoms with Crippen molar-refractivity contribution in [2.45, 2.75) is 20.8 Å². The molecule has 28 heavy (non-hydrogen) atoms. The smallest absolute Gasteiger partial charge is 0.349 e. The Balaban J connectivity index is 1.81. The minimum atomic E-state index is -0.512. The van der Waals surface area contributed by atoms with E-state index in [4.69, 9.17) is 8.83 Å². The van der Waals surface area contributed by atoms with Crippen molar-refractivity contribution < 1.29 is 13.6 Å². The quantitative estimate of drug-likeness (QED) is 0.373. The SMILES string of the molecule is CCN(CC)c1ccc2cc(-c3nc4cc(C(C)=O)ccc4o3)c(=O)oc2c1. The lowest BCUT2D eigenvalue weighted by Gasteiger charge is -2.20. The van der Waals surface area contributed by atoms with Gasteiger partial charge in [0.1, 0.15) is 16.7 Å². The Morgan fingerprint density at radius 3 is 2.50 bits per heavy atom. The summed E-state index contributed by atoms with van der Waals surface area (Å²) in [6, 6.07) is 12.5. The maximum atomic E-state index is 12.6. The average molecular weight is 376 g/mol. The van der Waals surface area contributed by atoms with Gasteiger partial charge in [-0.15, -0.1) is 0 Å². The molecule has 2 aromatic carbocycles. The van der Waals surface area contributed by atoms with E-state index in [2.05, 4.69) is 23.7 Å². The van der Waals surface area contributed by atoms with Crippen molar-refractivity contribution >= 4 is 33.5 Å². The van der Waals surface area contributed by atoms with E-state index in [-0.39, 0.29) is 17.2 Å². The van der Waals surface area contributed by atoms with Gasteiger partial charge in [0.05, 0.1) is 0 Å². The summed E-state index contributed by atoms with van der Waals surface area (Å²) in [6.07, 6.45) is 0. The number of nitrogens with zero attached hydrogens (tertiary/aromatic N) is 2. The van der Waals surface area contributed by atoms with Crippen molar-refractivity contribution in [1.82, 2.24) is 4.98 Å². The fourth-order valence-electron chi connectivity index (χ4n) is 3.30. The number of carbonyl (C=O) groups excluding carboxylic acids is 1. The molecule has 0 radical (unpaired) electrons. The summed E-state index contributed by atoms with van der Waals surface area (Å²) in [7, 11) is 0. The second-order valence-corrected chi connectivity index (χ2v) is 6.60. The molecule has 4 aromatic rings. The Morgan fingerprint density at radius 2 is 1.79 bits per heavy atom. The van der Waals surface area contributed by atoms with Crippen LogP contribution in [0.15, 0.2) is 56.1 Å². The molecule has 0 aliphatic rings. The van der Waals surface area contributed by atoms with Gasteiger partial charge in [-0.1, -0.05) is 0 Å². The molecule has 4 rings (SSSR count). The lowest BCUT2D eigenvalue weighted by molar-refractivity contribution is 0.101. The molecule has 2 aromatic heterocycles. The lowest BCUT2D eigenvalue weighted by Crippen LogP contribution is -2.21. The fraction of sp³-hybridized carbons (Fsp3) is 0.227. The Kier molecular flexibility index (Phi) is 4.47. The van der Waals surface area contributed by atoms with E-state index in [0.717, 1.165) is 24.2 Å². The molecule has 0 fully saturated rings. The van der Waals surface area contributed by atoms with Gasteiger partial charge in [0, 0.05) is 35.8 Å². The van der Waals surface area contributed by atoms with Crippen LogP contribution in [-0.4, -0.2) is 23.9 Å². The molecule has 142 valence electrons. The molecule has 6 heteroatoms. The Morgan fingerprint density at radius 1 is 1.00 bits per heavy atom. The summed E-state index contributed by atoms with van der Waals surface area (Å²) in [6.45, 7) is 7.40. The van der Waals surface area contributed by atoms with Gasteiger partial charge in [-0.2, -0.15) is 0 Å². The third-order valence-electron chi connectivity index (χ3n) is 4.87. The van der Waals surface area contributed by atoms with Crippen LogP contribution in [0.25, 0.3) is 33.5 Å². The number of carbonyl (C=O) groups is 1. The van der Waals surface area contributed by atoms with Crippen LogP contribution >= 0.6 is 0 Å². The molecular formula is C22H20N2O4. The van der Waals surface area contributed by atoms with E-state index in [9.17, 15) is 9.59 Å². The maximum absolute atomic E-state index is 12.6. The van der Waals surface area contributed by atoms with Crippen LogP contribution in [-0.2, 0) is 0 Å². The minimum absolute atomic E-state index is 0.0549. The Labute approximate surface area is 161 Å². The largest absolute Gasteiger partial charge is 0.436 e. The summed E-state index contributed by atoms with van der Waals surface area (Å²) in [4.78, 5) is 30.7. The second-order valence-electron chi connectivity index (χ2n) is 6.60. The number of Topliss-reactive ketones (excluding diaryl/α,β-unsaturated/α-hetero) is 1. The predicted octanol–water partition coefficient (Wildman–Crippen LogP) is 4.65. The average Bonchev–Trinajstić information content (AvgIpc) is 3.11. The highest BCUT2D eigenvalue weighted by atomic mass is 16.4. The first-order chi connectivity index (χ1) is 13.5. The summed E-state index contributed by atoms with van der Waals surface area (Å²) in [5, 5.41) is 0.789. The zero-order valence-corrected chi connectivity index (χ0v) is 16.0. The second kappa shape index (κ2) is 6.96. The van der Waals surface area contributed by atoms with Crippen molar-refractivity contribution in [3.8, 4) is 11.5 Å². The van der Waals surface area contributed by atoms with Crippen LogP contribution in [0.3, 0.4) is 0 Å². The highest BCUT2D eigenvalue weighted by Crippen LogP contribution is 2.27. The first-order valence-corrected chi connectivity index (χ1v) is 9.25. The van der Waals surface area contributed by atoms with Gasteiger partial charge < -0.3 is 13.7 Å². The molecule has 0 saturated carbocycles. The standard InChI is InChI=1S/C22H20N2O4/c1-4-24(5-2)16-8-6-15-10-17(22(26)28-20(15)12-16)21-23-18-11-14(13(3)25)7-9-19(18)27-21/h6-12H,4-5H2,1-3H3. The van der Waals surface area contributed by atoms with Gasteiger partial charge in [-0.3, -0.25) is 4.79 Å². The summed E-state index contributed by atoms with van der Waals surface area (Å²) in [5.74, 6) is 0.125. The van der Waals surface area contributed by atoms with Crippen molar-refractivity contribution in [2.24, 2.45) is 0 Å². The normalized spacial score (nSPS) is 11.2. The number of benzene rings is 2. The molecule has 2 heterocycles. The molecule has 0 aliphatic heterocycles. The fourth-order valence-corrected chi connectivity index (χ4v) is 3.30. The summed E-state index contributed by atoms with van der Waals surface area (Å²) >= 11 is 0. The number of hydrogen-bond acceptors (Lipinski definition) is 6. The Bertz CT molecular complexity index is 1250. The molecular weight excluding hydrogens is 356 g/mol. The van der Waals surface area contributed by atoms with Crippen LogP contribution in [0.5, 0.6) is 0 Å². The van der Waals surface area contributed by atoms with Crippen LogP contribution < -0.4 is 10.5 Å². The van der Waals surface area contributed by atoms with E-state index in [1.807, 2.05) is 18.2 Å². The summed E-state index contributed by atoms with van der Waals surface area (Å²) in [5.41, 5.74) is 2.85. The third-order valence-corrected chi connectivity index (χ3v) is 4.87. The molecule has 0 amide bonds. The minimum Gasteiger partial charge on any atom is -0.436 e. The van der Waals surface area contributed by atoms with Crippen molar-refractivity contribution in [2.75, 3.05) is 18.0 Å². The van der Waals surface area contributed by atoms with Crippen LogP contribution in [0.1, 0.15) is 31.1 Å². The predicted molar refractivity (Wildman–Crippen MR) is 109 cm³/mol. The van der Waals surface area contributed by atoms with E-state index in [0.29, 0.717) is 22.2 Å². The first-order valence-electron chi connectivity index (χ1n) is 9.25. The van der Waals surface area contributed by atoms with Gasteiger partial charge in [0.2, 0.25) is 5.89 Å². The molecule has 0 unspecified atom stereocenters. The molecule has 0 spiro atoms. The molecule has 0 N–H and O–H groups in total. The van der Waals surface area contributed by atoms with E-state index in [1.54, 1.807) is 24.3 Å². The van der Waals surface area contributed by atoms with Crippen molar-refractivity contribution in [3.05, 3.63) is 58.4 Å². The van der Waals surface area contributed by atoms with Gasteiger partial charge in [-0.25, -0.2) is 9.78 Å².